The van der Waals surface area contributed by atoms with Crippen LogP contribution in [0.1, 0.15) is 29.9 Å². The first kappa shape index (κ1) is 12.2. The summed E-state index contributed by atoms with van der Waals surface area (Å²) in [4.78, 5) is 22.3. The number of nitrogens with two attached hydrogens (primary N) is 1. The van der Waals surface area contributed by atoms with Gasteiger partial charge < -0.3 is 5.32 Å². The molecule has 16 heavy (non-hydrogen) atoms. The van der Waals surface area contributed by atoms with Gasteiger partial charge in [-0.25, -0.2) is 5.84 Å². The molecule has 0 aliphatic carbocycles. The van der Waals surface area contributed by atoms with E-state index in [1.807, 2.05) is 12.3 Å². The van der Waals surface area contributed by atoms with Crippen LogP contribution in [0.25, 0.3) is 0 Å². The number of aromatic nitrogens is 2. The van der Waals surface area contributed by atoms with Gasteiger partial charge in [0.15, 0.2) is 0 Å². The fourth-order valence-electron chi connectivity index (χ4n) is 1.25. The van der Waals surface area contributed by atoms with E-state index in [9.17, 15) is 9.59 Å². The smallest absolute Gasteiger partial charge is 0.271 e. The highest BCUT2D eigenvalue weighted by Gasteiger charge is 2.13. The Hall–Kier alpha value is -1.89. The summed E-state index contributed by atoms with van der Waals surface area (Å²) in [7, 11) is 1.53. The Morgan fingerprint density at radius 1 is 1.62 bits per heavy atom. The summed E-state index contributed by atoms with van der Waals surface area (Å²) >= 11 is 0. The molecule has 1 heterocycles. The van der Waals surface area contributed by atoms with Crippen molar-refractivity contribution in [2.75, 3.05) is 7.05 Å². The molecule has 1 unspecified atom stereocenters. The minimum absolute atomic E-state index is 0.151. The van der Waals surface area contributed by atoms with Crippen molar-refractivity contribution in [2.24, 2.45) is 5.84 Å². The third kappa shape index (κ3) is 2.80. The topological polar surface area (TPSA) is 102 Å². The third-order valence-electron chi connectivity index (χ3n) is 2.16. The summed E-state index contributed by atoms with van der Waals surface area (Å²) in [6.45, 7) is 1.82. The van der Waals surface area contributed by atoms with E-state index in [1.54, 1.807) is 16.9 Å². The molecule has 0 fully saturated rings. The van der Waals surface area contributed by atoms with Crippen LogP contribution < -0.4 is 16.6 Å². The summed E-state index contributed by atoms with van der Waals surface area (Å²) in [6.07, 6.45) is 1.87. The quantitative estimate of drug-likeness (QED) is 0.354. The Kier molecular flexibility index (Phi) is 4.01. The molecule has 1 aromatic rings. The van der Waals surface area contributed by atoms with Crippen LogP contribution in [0.2, 0.25) is 0 Å². The highest BCUT2D eigenvalue weighted by molar-refractivity contribution is 5.91. The first-order valence-corrected chi connectivity index (χ1v) is 4.85. The maximum Gasteiger partial charge on any atom is 0.271 e. The molecule has 1 rings (SSSR count). The zero-order valence-corrected chi connectivity index (χ0v) is 9.23. The van der Waals surface area contributed by atoms with E-state index in [0.29, 0.717) is 5.69 Å². The van der Waals surface area contributed by atoms with Gasteiger partial charge in [0.25, 0.3) is 5.91 Å². The van der Waals surface area contributed by atoms with Crippen LogP contribution in [0.15, 0.2) is 12.3 Å². The predicted molar refractivity (Wildman–Crippen MR) is 57.3 cm³/mol. The molecule has 7 nitrogen and oxygen atoms in total. The lowest BCUT2D eigenvalue weighted by atomic mass is 10.2. The molecule has 0 aliphatic rings. The van der Waals surface area contributed by atoms with E-state index in [-0.39, 0.29) is 24.3 Å². The maximum atomic E-state index is 11.2. The van der Waals surface area contributed by atoms with Crippen LogP contribution in [0.3, 0.4) is 0 Å². The molecule has 0 saturated carbocycles. The zero-order valence-electron chi connectivity index (χ0n) is 9.23. The van der Waals surface area contributed by atoms with Gasteiger partial charge in [0.1, 0.15) is 5.69 Å². The lowest BCUT2D eigenvalue weighted by molar-refractivity contribution is -0.121. The fourth-order valence-corrected chi connectivity index (χ4v) is 1.25. The number of hydrazine groups is 1. The van der Waals surface area contributed by atoms with Crippen LogP contribution in [0.5, 0.6) is 0 Å². The first-order valence-electron chi connectivity index (χ1n) is 4.85. The summed E-state index contributed by atoms with van der Waals surface area (Å²) < 4.78 is 1.56. The molecule has 2 amide bonds. The lowest BCUT2D eigenvalue weighted by Crippen LogP contribution is -2.31. The normalized spacial score (nSPS) is 11.9. The molecule has 0 radical (unpaired) electrons. The fraction of sp³-hybridized carbons (Fsp3) is 0.444. The van der Waals surface area contributed by atoms with Crippen molar-refractivity contribution in [3.05, 3.63) is 18.0 Å². The number of rotatable bonds is 4. The van der Waals surface area contributed by atoms with Crippen molar-refractivity contribution >= 4 is 11.8 Å². The Morgan fingerprint density at radius 2 is 2.31 bits per heavy atom. The van der Waals surface area contributed by atoms with Crippen molar-refractivity contribution in [3.63, 3.8) is 0 Å². The summed E-state index contributed by atoms with van der Waals surface area (Å²) in [6, 6.07) is 1.44. The van der Waals surface area contributed by atoms with Crippen molar-refractivity contribution < 1.29 is 9.59 Å². The number of carbonyl (C=O) groups is 2. The van der Waals surface area contributed by atoms with Crippen LogP contribution >= 0.6 is 0 Å². The second-order valence-electron chi connectivity index (χ2n) is 3.38. The standard InChI is InChI=1S/C9H15N5O2/c1-6(5-8(15)12-10)14-4-3-7(13-14)9(16)11-2/h3-4,6H,5,10H2,1-2H3,(H,11,16)(H,12,15). The van der Waals surface area contributed by atoms with Gasteiger partial charge in [0.05, 0.1) is 12.5 Å². The highest BCUT2D eigenvalue weighted by atomic mass is 16.2. The summed E-state index contributed by atoms with van der Waals surface area (Å²) in [5, 5.41) is 6.52. The van der Waals surface area contributed by atoms with Gasteiger partial charge in [-0.3, -0.25) is 19.7 Å². The molecular weight excluding hydrogens is 210 g/mol. The van der Waals surface area contributed by atoms with Gasteiger partial charge in [0, 0.05) is 13.2 Å². The average molecular weight is 225 g/mol. The summed E-state index contributed by atoms with van der Waals surface area (Å²) in [5.74, 6) is 4.45. The van der Waals surface area contributed by atoms with Gasteiger partial charge in [-0.2, -0.15) is 5.10 Å². The maximum absolute atomic E-state index is 11.2. The molecule has 0 bridgehead atoms. The average Bonchev–Trinajstić information content (AvgIpc) is 2.77. The number of nitrogens with zero attached hydrogens (tertiary/aromatic N) is 2. The molecule has 1 aromatic heterocycles. The minimum Gasteiger partial charge on any atom is -0.354 e. The predicted octanol–water partition coefficient (Wildman–Crippen LogP) is -0.816. The van der Waals surface area contributed by atoms with Crippen molar-refractivity contribution in [3.8, 4) is 0 Å². The van der Waals surface area contributed by atoms with Crippen LogP contribution in [-0.4, -0.2) is 28.6 Å². The van der Waals surface area contributed by atoms with Crippen molar-refractivity contribution in [1.82, 2.24) is 20.5 Å². The van der Waals surface area contributed by atoms with E-state index in [4.69, 9.17) is 5.84 Å². The molecule has 0 aromatic carbocycles. The van der Waals surface area contributed by atoms with E-state index < -0.39 is 0 Å². The molecule has 7 heteroatoms. The monoisotopic (exact) mass is 225 g/mol. The molecule has 0 aliphatic heterocycles. The van der Waals surface area contributed by atoms with Gasteiger partial charge in [-0.1, -0.05) is 0 Å². The van der Waals surface area contributed by atoms with E-state index in [0.717, 1.165) is 0 Å². The molecule has 0 saturated heterocycles. The van der Waals surface area contributed by atoms with Crippen LogP contribution in [0.4, 0.5) is 0 Å². The second-order valence-corrected chi connectivity index (χ2v) is 3.38. The molecule has 88 valence electrons. The minimum atomic E-state index is -0.274. The number of hydrogen-bond donors (Lipinski definition) is 3. The van der Waals surface area contributed by atoms with E-state index in [2.05, 4.69) is 10.4 Å². The largest absolute Gasteiger partial charge is 0.354 e. The SMILES string of the molecule is CNC(=O)c1ccn(C(C)CC(=O)NN)n1. The number of carbonyl (C=O) groups excluding carboxylic acids is 2. The Labute approximate surface area is 93.0 Å². The molecular formula is C9H15N5O2. The molecule has 4 N–H and O–H groups in total. The van der Waals surface area contributed by atoms with Crippen LogP contribution in [0, 0.1) is 0 Å². The van der Waals surface area contributed by atoms with Gasteiger partial charge in [0.2, 0.25) is 5.91 Å². The first-order chi connectivity index (χ1) is 7.58. The number of nitrogens with one attached hydrogen (secondary N) is 2. The molecule has 0 spiro atoms. The second kappa shape index (κ2) is 5.26. The van der Waals surface area contributed by atoms with Crippen LogP contribution in [-0.2, 0) is 4.79 Å². The summed E-state index contributed by atoms with van der Waals surface area (Å²) in [5.41, 5.74) is 2.37. The zero-order chi connectivity index (χ0) is 12.1. The Morgan fingerprint density at radius 3 is 2.88 bits per heavy atom. The Balaban J connectivity index is 2.70. The molecule has 1 atom stereocenters. The Bertz CT molecular complexity index is 387. The lowest BCUT2D eigenvalue weighted by Gasteiger charge is -2.10. The third-order valence-corrected chi connectivity index (χ3v) is 2.16. The van der Waals surface area contributed by atoms with E-state index in [1.165, 1.54) is 7.05 Å². The van der Waals surface area contributed by atoms with Gasteiger partial charge in [-0.05, 0) is 13.0 Å². The van der Waals surface area contributed by atoms with Crippen molar-refractivity contribution in [2.45, 2.75) is 19.4 Å². The number of hydrogen-bond acceptors (Lipinski definition) is 4. The van der Waals surface area contributed by atoms with Crippen molar-refractivity contribution in [1.29, 1.82) is 0 Å². The highest BCUT2D eigenvalue weighted by Crippen LogP contribution is 2.09. The number of amides is 2. The van der Waals surface area contributed by atoms with E-state index >= 15 is 0 Å². The van der Waals surface area contributed by atoms with Gasteiger partial charge in [-0.15, -0.1) is 0 Å². The van der Waals surface area contributed by atoms with Gasteiger partial charge >= 0.3 is 0 Å².